The molecule has 0 unspecified atom stereocenters. The van der Waals surface area contributed by atoms with Gasteiger partial charge in [0.15, 0.2) is 0 Å². The first-order chi connectivity index (χ1) is 25.0. The van der Waals surface area contributed by atoms with Crippen LogP contribution >= 0.6 is 0 Å². The largest absolute Gasteiger partial charge is 0.456 e. The van der Waals surface area contributed by atoms with Crippen molar-refractivity contribution in [1.29, 1.82) is 0 Å². The highest BCUT2D eigenvalue weighted by atomic mass is 16.3. The first-order valence-corrected chi connectivity index (χ1v) is 17.8. The number of rotatable bonds is 3. The molecule has 2 nitrogen and oxygen atoms in total. The van der Waals surface area contributed by atoms with Crippen LogP contribution < -0.4 is 0 Å². The molecule has 2 heteroatoms. The van der Waals surface area contributed by atoms with E-state index in [0.717, 1.165) is 11.2 Å². The Kier molecular flexibility index (Phi) is 5.76. The van der Waals surface area contributed by atoms with Gasteiger partial charge >= 0.3 is 0 Å². The molecule has 240 valence electrons. The van der Waals surface area contributed by atoms with Crippen LogP contribution in [0.4, 0.5) is 0 Å². The van der Waals surface area contributed by atoms with Crippen LogP contribution in [0.3, 0.4) is 0 Å². The molecule has 0 saturated carbocycles. The molecule has 2 heterocycles. The van der Waals surface area contributed by atoms with Crippen LogP contribution in [0.2, 0.25) is 0 Å². The quantitative estimate of drug-likeness (QED) is 0.186. The summed E-state index contributed by atoms with van der Waals surface area (Å²) in [6.07, 6.45) is 0. The van der Waals surface area contributed by atoms with Gasteiger partial charge in [0.2, 0.25) is 0 Å². The summed E-state index contributed by atoms with van der Waals surface area (Å²) < 4.78 is 8.82. The number of hydrogen-bond donors (Lipinski definition) is 0. The molecule has 10 aromatic rings. The average Bonchev–Trinajstić information content (AvgIpc) is 3.79. The van der Waals surface area contributed by atoms with E-state index < -0.39 is 0 Å². The van der Waals surface area contributed by atoms with E-state index in [-0.39, 0.29) is 5.41 Å². The Balaban J connectivity index is 1.15. The molecule has 0 atom stereocenters. The Labute approximate surface area is 295 Å². The molecule has 1 aliphatic carbocycles. The molecule has 0 saturated heterocycles. The molecule has 0 radical (unpaired) electrons. The Morgan fingerprint density at radius 2 is 1.14 bits per heavy atom. The second-order valence-corrected chi connectivity index (χ2v) is 14.5. The van der Waals surface area contributed by atoms with Gasteiger partial charge < -0.3 is 8.98 Å². The lowest BCUT2D eigenvalue weighted by molar-refractivity contribution is 0.656. The van der Waals surface area contributed by atoms with Gasteiger partial charge in [-0.15, -0.1) is 0 Å². The smallest absolute Gasteiger partial charge is 0.135 e. The molecule has 0 aliphatic heterocycles. The monoisotopic (exact) mass is 651 g/mol. The normalized spacial score (nSPS) is 13.5. The van der Waals surface area contributed by atoms with E-state index in [9.17, 15) is 0 Å². The fourth-order valence-corrected chi connectivity index (χ4v) is 9.00. The highest BCUT2D eigenvalue weighted by molar-refractivity contribution is 6.13. The molecule has 0 N–H and O–H groups in total. The zero-order valence-corrected chi connectivity index (χ0v) is 28.4. The Morgan fingerprint density at radius 3 is 1.98 bits per heavy atom. The number of aromatic nitrogens is 1. The fourth-order valence-electron chi connectivity index (χ4n) is 9.00. The van der Waals surface area contributed by atoms with Crippen LogP contribution in [0.25, 0.3) is 93.6 Å². The van der Waals surface area contributed by atoms with Crippen molar-refractivity contribution in [2.24, 2.45) is 0 Å². The Morgan fingerprint density at radius 1 is 0.451 bits per heavy atom. The molecule has 11 rings (SSSR count). The highest BCUT2D eigenvalue weighted by Crippen LogP contribution is 2.53. The van der Waals surface area contributed by atoms with Crippen molar-refractivity contribution in [3.05, 3.63) is 175 Å². The first kappa shape index (κ1) is 28.5. The van der Waals surface area contributed by atoms with Crippen LogP contribution in [0.5, 0.6) is 0 Å². The Hall–Kier alpha value is -6.38. The summed E-state index contributed by atoms with van der Waals surface area (Å²) in [5.41, 5.74) is 15.5. The van der Waals surface area contributed by atoms with Gasteiger partial charge in [-0.3, -0.25) is 0 Å². The number of fused-ring (bicyclic) bond motifs is 11. The number of benzene rings is 8. The zero-order valence-electron chi connectivity index (χ0n) is 28.4. The molecule has 51 heavy (non-hydrogen) atoms. The molecule has 0 bridgehead atoms. The number of nitrogens with zero attached hydrogens (tertiary/aromatic N) is 1. The van der Waals surface area contributed by atoms with E-state index in [4.69, 9.17) is 4.42 Å². The van der Waals surface area contributed by atoms with Crippen molar-refractivity contribution in [2.75, 3.05) is 0 Å². The molecule has 0 amide bonds. The third-order valence-electron chi connectivity index (χ3n) is 11.4. The van der Waals surface area contributed by atoms with Crippen molar-refractivity contribution in [3.8, 4) is 39.1 Å². The molecular weight excluding hydrogens is 619 g/mol. The molecule has 0 fully saturated rings. The van der Waals surface area contributed by atoms with Crippen LogP contribution in [0.1, 0.15) is 25.0 Å². The minimum absolute atomic E-state index is 0.215. The minimum Gasteiger partial charge on any atom is -0.456 e. The van der Waals surface area contributed by atoms with E-state index in [0.29, 0.717) is 0 Å². The van der Waals surface area contributed by atoms with Gasteiger partial charge in [0.25, 0.3) is 0 Å². The third-order valence-corrected chi connectivity index (χ3v) is 11.4. The Bertz CT molecular complexity index is 3040. The number of furan rings is 1. The summed E-state index contributed by atoms with van der Waals surface area (Å²) in [6, 6.07) is 59.9. The summed E-state index contributed by atoms with van der Waals surface area (Å²) in [7, 11) is 0. The molecular formula is C49H33NO. The average molecular weight is 652 g/mol. The van der Waals surface area contributed by atoms with Crippen LogP contribution in [0, 0.1) is 0 Å². The van der Waals surface area contributed by atoms with Gasteiger partial charge in [-0.1, -0.05) is 129 Å². The third kappa shape index (κ3) is 3.99. The molecule has 2 aromatic heterocycles. The summed E-state index contributed by atoms with van der Waals surface area (Å²) in [4.78, 5) is 0. The predicted octanol–water partition coefficient (Wildman–Crippen LogP) is 13.5. The number of hydrogen-bond acceptors (Lipinski definition) is 1. The van der Waals surface area contributed by atoms with Gasteiger partial charge in [0.05, 0.1) is 11.0 Å². The summed E-state index contributed by atoms with van der Waals surface area (Å²) >= 11 is 0. The summed E-state index contributed by atoms with van der Waals surface area (Å²) in [5, 5.41) is 7.45. The molecule has 8 aromatic carbocycles. The second-order valence-electron chi connectivity index (χ2n) is 14.5. The van der Waals surface area contributed by atoms with Gasteiger partial charge in [0.1, 0.15) is 11.2 Å². The van der Waals surface area contributed by atoms with Gasteiger partial charge in [-0.2, -0.15) is 0 Å². The fraction of sp³-hybridized carbons (Fsp3) is 0.0612. The van der Waals surface area contributed by atoms with E-state index in [1.165, 1.54) is 93.5 Å². The van der Waals surface area contributed by atoms with Gasteiger partial charge in [-0.25, -0.2) is 0 Å². The van der Waals surface area contributed by atoms with Crippen molar-refractivity contribution < 1.29 is 4.42 Å². The van der Waals surface area contributed by atoms with Crippen LogP contribution in [-0.2, 0) is 5.41 Å². The van der Waals surface area contributed by atoms with E-state index in [1.54, 1.807) is 0 Å². The van der Waals surface area contributed by atoms with E-state index >= 15 is 0 Å². The van der Waals surface area contributed by atoms with Gasteiger partial charge in [0, 0.05) is 32.6 Å². The van der Waals surface area contributed by atoms with Crippen LogP contribution in [-0.4, -0.2) is 4.57 Å². The minimum atomic E-state index is -0.215. The molecule has 1 aliphatic rings. The second kappa shape index (κ2) is 10.3. The van der Waals surface area contributed by atoms with Crippen LogP contribution in [0.15, 0.2) is 168 Å². The highest BCUT2D eigenvalue weighted by Gasteiger charge is 2.38. The van der Waals surface area contributed by atoms with Gasteiger partial charge in [-0.05, 0) is 104 Å². The topological polar surface area (TPSA) is 18.1 Å². The summed E-state index contributed by atoms with van der Waals surface area (Å²) in [5.74, 6) is 0. The first-order valence-electron chi connectivity index (χ1n) is 17.8. The molecule has 0 spiro atoms. The maximum atomic E-state index is 6.35. The van der Waals surface area contributed by atoms with Crippen molar-refractivity contribution in [1.82, 2.24) is 4.57 Å². The van der Waals surface area contributed by atoms with Crippen molar-refractivity contribution >= 4 is 54.5 Å². The summed E-state index contributed by atoms with van der Waals surface area (Å²) in [6.45, 7) is 4.74. The maximum absolute atomic E-state index is 6.35. The standard InChI is InChI=1S/C49H33NO/c1-49(2)42-29-34(21-22-37(42)38-23-26-46-47(48(38)49)39-16-8-9-18-45(39)51-46)50-43-24-19-32(30-11-4-3-5-12-30)27-40(43)41-28-33(20-25-44(41)50)36-17-10-14-31-13-6-7-15-35(31)36/h3-29H,1-2H3. The lowest BCUT2D eigenvalue weighted by atomic mass is 9.80. The zero-order chi connectivity index (χ0) is 33.8. The van der Waals surface area contributed by atoms with E-state index in [2.05, 4.69) is 182 Å². The van der Waals surface area contributed by atoms with Crippen molar-refractivity contribution in [2.45, 2.75) is 19.3 Å². The lowest BCUT2D eigenvalue weighted by Gasteiger charge is -2.23. The van der Waals surface area contributed by atoms with E-state index in [1.807, 2.05) is 0 Å². The SMILES string of the molecule is CC1(C)c2cc(-n3c4ccc(-c5ccccc5)cc4c4cc(-c5cccc6ccccc56)ccc43)ccc2-c2ccc3oc4ccccc4c3c21. The van der Waals surface area contributed by atoms with Crippen molar-refractivity contribution in [3.63, 3.8) is 0 Å². The lowest BCUT2D eigenvalue weighted by Crippen LogP contribution is -2.15. The number of para-hydroxylation sites is 1. The predicted molar refractivity (Wildman–Crippen MR) is 214 cm³/mol. The maximum Gasteiger partial charge on any atom is 0.135 e.